The third-order valence-electron chi connectivity index (χ3n) is 4.79. The molecule has 6 nitrogen and oxygen atoms in total. The Labute approximate surface area is 177 Å². The van der Waals surface area contributed by atoms with Crippen molar-refractivity contribution in [2.75, 3.05) is 7.11 Å². The lowest BCUT2D eigenvalue weighted by Gasteiger charge is -2.20. The van der Waals surface area contributed by atoms with Crippen LogP contribution in [0.2, 0.25) is 0 Å². The standard InChI is InChI=1S/C23H20F2N2O4/c1-13-5-3-4-6-16(13)20(11-21(28)29)27-22(30)15-9-17(23(31-2)26-12-15)14-7-8-18(24)19(25)10-14/h3-10,12,20H,11H2,1-2H3,(H,27,30)(H,28,29)/t20-/m0/s1. The minimum atomic E-state index is -1.07. The fraction of sp³-hybridized carbons (Fsp3) is 0.174. The van der Waals surface area contributed by atoms with E-state index < -0.39 is 29.6 Å². The summed E-state index contributed by atoms with van der Waals surface area (Å²) in [6.45, 7) is 1.83. The number of carboxylic acids is 1. The number of benzene rings is 2. The maximum Gasteiger partial charge on any atom is 0.305 e. The fourth-order valence-corrected chi connectivity index (χ4v) is 3.24. The van der Waals surface area contributed by atoms with E-state index in [1.54, 1.807) is 12.1 Å². The van der Waals surface area contributed by atoms with Gasteiger partial charge in [0, 0.05) is 11.8 Å². The molecule has 160 valence electrons. The average molecular weight is 426 g/mol. The number of carbonyl (C=O) groups is 2. The Morgan fingerprint density at radius 3 is 2.52 bits per heavy atom. The van der Waals surface area contributed by atoms with Gasteiger partial charge in [-0.1, -0.05) is 30.3 Å². The van der Waals surface area contributed by atoms with Crippen molar-refractivity contribution in [1.29, 1.82) is 0 Å². The van der Waals surface area contributed by atoms with E-state index in [2.05, 4.69) is 10.3 Å². The van der Waals surface area contributed by atoms with Gasteiger partial charge in [-0.2, -0.15) is 0 Å². The summed E-state index contributed by atoms with van der Waals surface area (Å²) in [4.78, 5) is 28.3. The Kier molecular flexibility index (Phi) is 6.59. The van der Waals surface area contributed by atoms with Crippen molar-refractivity contribution in [3.05, 3.63) is 83.1 Å². The van der Waals surface area contributed by atoms with Gasteiger partial charge in [-0.3, -0.25) is 9.59 Å². The molecular weight excluding hydrogens is 406 g/mol. The lowest BCUT2D eigenvalue weighted by Crippen LogP contribution is -2.30. The highest BCUT2D eigenvalue weighted by Gasteiger charge is 2.22. The summed E-state index contributed by atoms with van der Waals surface area (Å²) in [6, 6.07) is 11.1. The first-order chi connectivity index (χ1) is 14.8. The van der Waals surface area contributed by atoms with E-state index in [1.165, 1.54) is 25.4 Å². The van der Waals surface area contributed by atoms with Crippen LogP contribution in [-0.2, 0) is 4.79 Å². The van der Waals surface area contributed by atoms with Gasteiger partial charge in [0.2, 0.25) is 5.88 Å². The van der Waals surface area contributed by atoms with Gasteiger partial charge < -0.3 is 15.2 Å². The van der Waals surface area contributed by atoms with Crippen LogP contribution in [0.1, 0.15) is 33.9 Å². The number of halogens is 2. The summed E-state index contributed by atoms with van der Waals surface area (Å²) in [7, 11) is 1.37. The van der Waals surface area contributed by atoms with Crippen molar-refractivity contribution >= 4 is 11.9 Å². The van der Waals surface area contributed by atoms with Gasteiger partial charge in [0.1, 0.15) is 0 Å². The number of nitrogens with one attached hydrogen (secondary N) is 1. The minimum absolute atomic E-state index is 0.115. The molecule has 2 aromatic carbocycles. The number of ether oxygens (including phenoxy) is 1. The summed E-state index contributed by atoms with van der Waals surface area (Å²) in [5.41, 5.74) is 2.20. The summed E-state index contributed by atoms with van der Waals surface area (Å²) in [6.07, 6.45) is 0.962. The zero-order valence-corrected chi connectivity index (χ0v) is 16.9. The number of hydrogen-bond acceptors (Lipinski definition) is 4. The summed E-state index contributed by atoms with van der Waals surface area (Å²) < 4.78 is 32.2. The number of aromatic nitrogens is 1. The highest BCUT2D eigenvalue weighted by Crippen LogP contribution is 2.30. The van der Waals surface area contributed by atoms with E-state index >= 15 is 0 Å². The molecule has 8 heteroatoms. The van der Waals surface area contributed by atoms with E-state index in [-0.39, 0.29) is 23.4 Å². The highest BCUT2D eigenvalue weighted by atomic mass is 19.2. The second kappa shape index (κ2) is 9.34. The lowest BCUT2D eigenvalue weighted by molar-refractivity contribution is -0.137. The van der Waals surface area contributed by atoms with Crippen molar-refractivity contribution in [3.63, 3.8) is 0 Å². The maximum absolute atomic E-state index is 13.7. The Bertz CT molecular complexity index is 1130. The molecule has 0 spiro atoms. The number of hydrogen-bond donors (Lipinski definition) is 2. The molecule has 3 aromatic rings. The minimum Gasteiger partial charge on any atom is -0.481 e. The van der Waals surface area contributed by atoms with Crippen molar-refractivity contribution in [2.45, 2.75) is 19.4 Å². The SMILES string of the molecule is COc1ncc(C(=O)N[C@@H](CC(=O)O)c2ccccc2C)cc1-c1ccc(F)c(F)c1. The zero-order chi connectivity index (χ0) is 22.5. The summed E-state index contributed by atoms with van der Waals surface area (Å²) >= 11 is 0. The van der Waals surface area contributed by atoms with Gasteiger partial charge in [0.05, 0.1) is 25.1 Å². The van der Waals surface area contributed by atoms with Crippen LogP contribution >= 0.6 is 0 Å². The molecule has 0 fully saturated rings. The van der Waals surface area contributed by atoms with Gasteiger partial charge in [-0.05, 0) is 41.8 Å². The third kappa shape index (κ3) is 5.03. The van der Waals surface area contributed by atoms with Crippen LogP contribution in [0.15, 0.2) is 54.7 Å². The van der Waals surface area contributed by atoms with Crippen LogP contribution in [0.3, 0.4) is 0 Å². The quantitative estimate of drug-likeness (QED) is 0.588. The van der Waals surface area contributed by atoms with Crippen molar-refractivity contribution in [1.82, 2.24) is 10.3 Å². The number of carboxylic acid groups (broad SMARTS) is 1. The predicted octanol–water partition coefficient (Wildman–Crippen LogP) is 4.29. The molecule has 0 bridgehead atoms. The Morgan fingerprint density at radius 2 is 1.87 bits per heavy atom. The number of amides is 1. The van der Waals surface area contributed by atoms with Crippen LogP contribution in [0, 0.1) is 18.6 Å². The summed E-state index contributed by atoms with van der Waals surface area (Å²) in [5.74, 6) is -3.55. The smallest absolute Gasteiger partial charge is 0.305 e. The number of rotatable bonds is 7. The number of methoxy groups -OCH3 is 1. The van der Waals surface area contributed by atoms with E-state index in [9.17, 15) is 23.5 Å². The van der Waals surface area contributed by atoms with E-state index in [0.29, 0.717) is 11.1 Å². The van der Waals surface area contributed by atoms with Crippen LogP contribution in [-0.4, -0.2) is 29.1 Å². The van der Waals surface area contributed by atoms with E-state index in [4.69, 9.17) is 4.74 Å². The van der Waals surface area contributed by atoms with Crippen LogP contribution < -0.4 is 10.1 Å². The molecule has 2 N–H and O–H groups in total. The molecule has 1 heterocycles. The second-order valence-corrected chi connectivity index (χ2v) is 6.89. The number of carbonyl (C=O) groups excluding carboxylic acids is 1. The molecule has 3 rings (SSSR count). The largest absolute Gasteiger partial charge is 0.481 e. The topological polar surface area (TPSA) is 88.5 Å². The lowest BCUT2D eigenvalue weighted by atomic mass is 9.98. The Hall–Kier alpha value is -3.81. The van der Waals surface area contributed by atoms with Crippen LogP contribution in [0.4, 0.5) is 8.78 Å². The number of nitrogens with zero attached hydrogens (tertiary/aromatic N) is 1. The molecule has 1 atom stereocenters. The highest BCUT2D eigenvalue weighted by molar-refractivity contribution is 5.96. The van der Waals surface area contributed by atoms with Gasteiger partial charge in [-0.25, -0.2) is 13.8 Å². The molecule has 31 heavy (non-hydrogen) atoms. The number of aliphatic carboxylic acids is 1. The normalized spacial score (nSPS) is 11.6. The third-order valence-corrected chi connectivity index (χ3v) is 4.79. The van der Waals surface area contributed by atoms with Gasteiger partial charge in [-0.15, -0.1) is 0 Å². The molecular formula is C23H20F2N2O4. The molecule has 1 amide bonds. The van der Waals surface area contributed by atoms with Gasteiger partial charge >= 0.3 is 5.97 Å². The van der Waals surface area contributed by atoms with Crippen LogP contribution in [0.25, 0.3) is 11.1 Å². The van der Waals surface area contributed by atoms with E-state index in [0.717, 1.165) is 17.7 Å². The maximum atomic E-state index is 13.7. The molecule has 0 aliphatic rings. The first-order valence-electron chi connectivity index (χ1n) is 9.37. The number of pyridine rings is 1. The molecule has 0 saturated carbocycles. The van der Waals surface area contributed by atoms with Crippen LogP contribution in [0.5, 0.6) is 5.88 Å². The van der Waals surface area contributed by atoms with Crippen molar-refractivity contribution in [3.8, 4) is 17.0 Å². The van der Waals surface area contributed by atoms with Gasteiger partial charge in [0.15, 0.2) is 11.6 Å². The first-order valence-corrected chi connectivity index (χ1v) is 9.37. The van der Waals surface area contributed by atoms with Crippen molar-refractivity contribution < 1.29 is 28.2 Å². The predicted molar refractivity (Wildman–Crippen MR) is 110 cm³/mol. The summed E-state index contributed by atoms with van der Waals surface area (Å²) in [5, 5.41) is 12.0. The molecule has 0 radical (unpaired) electrons. The monoisotopic (exact) mass is 426 g/mol. The molecule has 0 unspecified atom stereocenters. The molecule has 1 aromatic heterocycles. The van der Waals surface area contributed by atoms with Crippen molar-refractivity contribution in [2.24, 2.45) is 0 Å². The average Bonchev–Trinajstić information content (AvgIpc) is 2.74. The first kappa shape index (κ1) is 21.9. The second-order valence-electron chi connectivity index (χ2n) is 6.89. The van der Waals surface area contributed by atoms with Gasteiger partial charge in [0.25, 0.3) is 5.91 Å². The molecule has 0 aliphatic heterocycles. The molecule has 0 aliphatic carbocycles. The fourth-order valence-electron chi connectivity index (χ4n) is 3.24. The Balaban J connectivity index is 1.95. The van der Waals surface area contributed by atoms with E-state index in [1.807, 2.05) is 19.1 Å². The molecule has 0 saturated heterocycles. The zero-order valence-electron chi connectivity index (χ0n) is 16.9. The Morgan fingerprint density at radius 1 is 1.13 bits per heavy atom. The number of aryl methyl sites for hydroxylation is 1.